The number of hydrogen-bond donors (Lipinski definition) is 1. The first-order chi connectivity index (χ1) is 14.3. The van der Waals surface area contributed by atoms with Crippen molar-refractivity contribution in [3.63, 3.8) is 0 Å². The summed E-state index contributed by atoms with van der Waals surface area (Å²) in [4.78, 5) is 12.6. The molecule has 0 bridgehead atoms. The van der Waals surface area contributed by atoms with E-state index in [9.17, 15) is 13.2 Å². The van der Waals surface area contributed by atoms with E-state index < -0.39 is 22.0 Å². The quantitative estimate of drug-likeness (QED) is 0.550. The van der Waals surface area contributed by atoms with Gasteiger partial charge in [-0.1, -0.05) is 19.1 Å². The van der Waals surface area contributed by atoms with E-state index in [-0.39, 0.29) is 13.2 Å². The normalized spacial score (nSPS) is 12.1. The van der Waals surface area contributed by atoms with E-state index in [0.29, 0.717) is 18.0 Å². The van der Waals surface area contributed by atoms with Crippen LogP contribution in [-0.4, -0.2) is 46.4 Å². The Labute approximate surface area is 179 Å². The van der Waals surface area contributed by atoms with Crippen molar-refractivity contribution in [1.82, 2.24) is 5.32 Å². The van der Waals surface area contributed by atoms with Gasteiger partial charge in [0, 0.05) is 0 Å². The Morgan fingerprint density at radius 2 is 1.57 bits per heavy atom. The summed E-state index contributed by atoms with van der Waals surface area (Å²) in [5.41, 5.74) is 1.62. The van der Waals surface area contributed by atoms with Crippen LogP contribution in [0.4, 0.5) is 5.69 Å². The Morgan fingerprint density at radius 3 is 2.10 bits per heavy atom. The lowest BCUT2D eigenvalue weighted by Gasteiger charge is -2.28. The number of anilines is 1. The minimum absolute atomic E-state index is 0.263. The molecule has 0 radical (unpaired) electrons. The third-order valence-corrected chi connectivity index (χ3v) is 5.73. The van der Waals surface area contributed by atoms with Crippen LogP contribution in [0.5, 0.6) is 11.5 Å². The minimum Gasteiger partial charge on any atom is -0.494 e. The number of rotatable bonds is 11. The molecule has 1 atom stereocenters. The van der Waals surface area contributed by atoms with Gasteiger partial charge in [0.15, 0.2) is 0 Å². The second kappa shape index (κ2) is 10.9. The summed E-state index contributed by atoms with van der Waals surface area (Å²) in [5, 5.41) is 2.73. The van der Waals surface area contributed by atoms with Crippen molar-refractivity contribution in [3.8, 4) is 11.5 Å². The lowest BCUT2D eigenvalue weighted by molar-refractivity contribution is -0.121. The van der Waals surface area contributed by atoms with E-state index in [1.165, 1.54) is 5.56 Å². The topological polar surface area (TPSA) is 84.9 Å². The van der Waals surface area contributed by atoms with Gasteiger partial charge in [-0.3, -0.25) is 9.10 Å². The number of nitrogens with one attached hydrogen (secondary N) is 1. The van der Waals surface area contributed by atoms with Crippen LogP contribution in [0.1, 0.15) is 26.3 Å². The third-order valence-electron chi connectivity index (χ3n) is 4.49. The zero-order valence-corrected chi connectivity index (χ0v) is 18.7. The Hall–Kier alpha value is -2.74. The van der Waals surface area contributed by atoms with E-state index in [1.807, 2.05) is 31.2 Å². The molecule has 2 aromatic carbocycles. The molecule has 8 heteroatoms. The van der Waals surface area contributed by atoms with Gasteiger partial charge in [-0.25, -0.2) is 8.42 Å². The number of aryl methyl sites for hydroxylation is 1. The maximum atomic E-state index is 12.6. The molecule has 0 saturated carbocycles. The summed E-state index contributed by atoms with van der Waals surface area (Å²) in [7, 11) is -3.67. The van der Waals surface area contributed by atoms with Gasteiger partial charge in [0.2, 0.25) is 15.9 Å². The molecule has 1 N–H and O–H groups in total. The van der Waals surface area contributed by atoms with Crippen molar-refractivity contribution in [3.05, 3.63) is 54.1 Å². The largest absolute Gasteiger partial charge is 0.494 e. The standard InChI is InChI=1S/C22H30N2O5S/c1-5-18-7-11-21(12-8-18)29-16-15-23-22(25)17(3)24(30(4,26)27)19-9-13-20(14-10-19)28-6-2/h7-14,17H,5-6,15-16H2,1-4H3,(H,23,25). The van der Waals surface area contributed by atoms with Gasteiger partial charge in [0.25, 0.3) is 0 Å². The van der Waals surface area contributed by atoms with Gasteiger partial charge in [-0.15, -0.1) is 0 Å². The van der Waals surface area contributed by atoms with Crippen LogP contribution in [0.15, 0.2) is 48.5 Å². The van der Waals surface area contributed by atoms with Gasteiger partial charge >= 0.3 is 0 Å². The predicted octanol–water partition coefficient (Wildman–Crippen LogP) is 3.00. The number of nitrogens with zero attached hydrogens (tertiary/aromatic N) is 1. The molecule has 2 rings (SSSR count). The highest BCUT2D eigenvalue weighted by Crippen LogP contribution is 2.24. The molecule has 2 aromatic rings. The summed E-state index contributed by atoms with van der Waals surface area (Å²) in [6.07, 6.45) is 2.04. The highest BCUT2D eigenvalue weighted by Gasteiger charge is 2.28. The molecule has 0 aliphatic carbocycles. The van der Waals surface area contributed by atoms with Gasteiger partial charge in [-0.05, 0) is 62.2 Å². The van der Waals surface area contributed by atoms with Gasteiger partial charge in [0.05, 0.1) is 25.1 Å². The van der Waals surface area contributed by atoms with E-state index in [0.717, 1.165) is 22.7 Å². The second-order valence-corrected chi connectivity index (χ2v) is 8.66. The fourth-order valence-electron chi connectivity index (χ4n) is 2.98. The lowest BCUT2D eigenvalue weighted by Crippen LogP contribution is -2.48. The fraction of sp³-hybridized carbons (Fsp3) is 0.409. The van der Waals surface area contributed by atoms with Crippen molar-refractivity contribution < 1.29 is 22.7 Å². The minimum atomic E-state index is -3.67. The molecular weight excluding hydrogens is 404 g/mol. The SMILES string of the molecule is CCOc1ccc(N(C(C)C(=O)NCCOc2ccc(CC)cc2)S(C)(=O)=O)cc1. The highest BCUT2D eigenvalue weighted by molar-refractivity contribution is 7.92. The van der Waals surface area contributed by atoms with Crippen LogP contribution in [-0.2, 0) is 21.2 Å². The zero-order chi connectivity index (χ0) is 22.1. The van der Waals surface area contributed by atoms with Crippen molar-refractivity contribution in [2.45, 2.75) is 33.2 Å². The van der Waals surface area contributed by atoms with Crippen LogP contribution in [0.25, 0.3) is 0 Å². The highest BCUT2D eigenvalue weighted by atomic mass is 32.2. The van der Waals surface area contributed by atoms with Gasteiger partial charge < -0.3 is 14.8 Å². The summed E-state index contributed by atoms with van der Waals surface area (Å²) in [6, 6.07) is 13.5. The molecule has 1 unspecified atom stereocenters. The summed E-state index contributed by atoms with van der Waals surface area (Å²) >= 11 is 0. The number of sulfonamides is 1. The van der Waals surface area contributed by atoms with Gasteiger partial charge in [0.1, 0.15) is 24.1 Å². The van der Waals surface area contributed by atoms with Crippen LogP contribution in [0.2, 0.25) is 0 Å². The molecule has 0 saturated heterocycles. The molecule has 30 heavy (non-hydrogen) atoms. The lowest BCUT2D eigenvalue weighted by atomic mass is 10.2. The first kappa shape index (κ1) is 23.5. The molecular formula is C22H30N2O5S. The van der Waals surface area contributed by atoms with Crippen molar-refractivity contribution in [2.24, 2.45) is 0 Å². The number of hydrogen-bond acceptors (Lipinski definition) is 5. The molecule has 0 aliphatic rings. The number of carbonyl (C=O) groups is 1. The smallest absolute Gasteiger partial charge is 0.243 e. The van der Waals surface area contributed by atoms with E-state index in [2.05, 4.69) is 12.2 Å². The average molecular weight is 435 g/mol. The molecule has 164 valence electrons. The van der Waals surface area contributed by atoms with E-state index >= 15 is 0 Å². The zero-order valence-electron chi connectivity index (χ0n) is 17.9. The van der Waals surface area contributed by atoms with Gasteiger partial charge in [-0.2, -0.15) is 0 Å². The summed E-state index contributed by atoms with van der Waals surface area (Å²) < 4.78 is 36.8. The number of benzene rings is 2. The van der Waals surface area contributed by atoms with Crippen molar-refractivity contribution in [2.75, 3.05) is 30.3 Å². The van der Waals surface area contributed by atoms with E-state index in [1.54, 1.807) is 31.2 Å². The molecule has 0 heterocycles. The number of ether oxygens (including phenoxy) is 2. The molecule has 0 fully saturated rings. The number of amides is 1. The Kier molecular flexibility index (Phi) is 8.53. The first-order valence-corrected chi connectivity index (χ1v) is 11.8. The van der Waals surface area contributed by atoms with Crippen molar-refractivity contribution >= 4 is 21.6 Å². The van der Waals surface area contributed by atoms with Crippen LogP contribution < -0.4 is 19.1 Å². The molecule has 0 aliphatic heterocycles. The fourth-order valence-corrected chi connectivity index (χ4v) is 4.15. The maximum absolute atomic E-state index is 12.6. The molecule has 1 amide bonds. The van der Waals surface area contributed by atoms with Crippen LogP contribution in [0.3, 0.4) is 0 Å². The second-order valence-electron chi connectivity index (χ2n) is 6.80. The Balaban J connectivity index is 1.96. The first-order valence-electron chi connectivity index (χ1n) is 9.98. The molecule has 0 spiro atoms. The Morgan fingerprint density at radius 1 is 1.00 bits per heavy atom. The Bertz CT molecular complexity index is 912. The summed E-state index contributed by atoms with van der Waals surface area (Å²) in [5.74, 6) is 0.955. The predicted molar refractivity (Wildman–Crippen MR) is 119 cm³/mol. The number of carbonyl (C=O) groups excluding carboxylic acids is 1. The van der Waals surface area contributed by atoms with Crippen molar-refractivity contribution in [1.29, 1.82) is 0 Å². The average Bonchev–Trinajstić information content (AvgIpc) is 2.72. The monoisotopic (exact) mass is 434 g/mol. The maximum Gasteiger partial charge on any atom is 0.243 e. The van der Waals surface area contributed by atoms with Crippen LogP contribution >= 0.6 is 0 Å². The third kappa shape index (κ3) is 6.66. The molecule has 0 aromatic heterocycles. The van der Waals surface area contributed by atoms with E-state index in [4.69, 9.17) is 9.47 Å². The molecule has 7 nitrogen and oxygen atoms in total. The summed E-state index contributed by atoms with van der Waals surface area (Å²) in [6.45, 7) is 6.56. The van der Waals surface area contributed by atoms with Crippen LogP contribution in [0, 0.1) is 0 Å².